The maximum atomic E-state index is 13.1. The Balaban J connectivity index is 1.68. The Labute approximate surface area is 151 Å². The van der Waals surface area contributed by atoms with Gasteiger partial charge < -0.3 is 5.73 Å². The van der Waals surface area contributed by atoms with Gasteiger partial charge in [0.25, 0.3) is 5.91 Å². The van der Waals surface area contributed by atoms with Crippen LogP contribution in [-0.4, -0.2) is 36.4 Å². The van der Waals surface area contributed by atoms with Gasteiger partial charge in [-0.1, -0.05) is 44.2 Å². The summed E-state index contributed by atoms with van der Waals surface area (Å²) in [5.74, 6) is -0.363. The monoisotopic (exact) mass is 363 g/mol. The Morgan fingerprint density at radius 3 is 2.72 bits per heavy atom. The van der Waals surface area contributed by atoms with E-state index in [0.29, 0.717) is 12.3 Å². The SMILES string of the molecule is [2H][C@](N)(Cc1ccccc1)C(=O)N1[C@@H]2C[C@H]3CC[C@]2(CS1(=O)=O)C3(C)C. The van der Waals surface area contributed by atoms with Crippen LogP contribution < -0.4 is 5.73 Å². The molecule has 6 heteroatoms. The molecule has 1 aromatic carbocycles. The van der Waals surface area contributed by atoms with Crippen molar-refractivity contribution in [1.82, 2.24) is 4.31 Å². The Hall–Kier alpha value is -1.40. The first-order chi connectivity index (χ1) is 12.0. The first-order valence-corrected chi connectivity index (χ1v) is 10.5. The van der Waals surface area contributed by atoms with Crippen molar-refractivity contribution in [2.45, 2.75) is 51.6 Å². The maximum Gasteiger partial charge on any atom is 0.253 e. The quantitative estimate of drug-likeness (QED) is 0.890. The number of benzene rings is 1. The summed E-state index contributed by atoms with van der Waals surface area (Å²) in [6.07, 6.45) is 2.52. The van der Waals surface area contributed by atoms with E-state index in [2.05, 4.69) is 13.8 Å². The van der Waals surface area contributed by atoms with Gasteiger partial charge in [-0.3, -0.25) is 4.79 Å². The summed E-state index contributed by atoms with van der Waals surface area (Å²) < 4.78 is 35.3. The van der Waals surface area contributed by atoms with Crippen LogP contribution in [0.2, 0.25) is 0 Å². The largest absolute Gasteiger partial charge is 0.320 e. The molecule has 1 heterocycles. The lowest BCUT2D eigenvalue weighted by Gasteiger charge is -2.37. The molecule has 1 amide bonds. The number of hydrogen-bond donors (Lipinski definition) is 1. The molecule has 3 aliphatic rings. The number of amides is 1. The molecule has 1 spiro atoms. The molecule has 5 nitrogen and oxygen atoms in total. The van der Waals surface area contributed by atoms with E-state index < -0.39 is 27.4 Å². The minimum Gasteiger partial charge on any atom is -0.320 e. The van der Waals surface area contributed by atoms with E-state index in [1.807, 2.05) is 18.2 Å². The van der Waals surface area contributed by atoms with Crippen molar-refractivity contribution in [2.75, 3.05) is 5.75 Å². The minimum absolute atomic E-state index is 0.00131. The van der Waals surface area contributed by atoms with Gasteiger partial charge in [0.05, 0.1) is 19.2 Å². The predicted molar refractivity (Wildman–Crippen MR) is 96.1 cm³/mol. The van der Waals surface area contributed by atoms with Gasteiger partial charge in [-0.2, -0.15) is 0 Å². The molecule has 1 aromatic rings. The molecule has 0 radical (unpaired) electrons. The summed E-state index contributed by atoms with van der Waals surface area (Å²) in [6, 6.07) is 6.73. The Kier molecular flexibility index (Phi) is 3.36. The number of rotatable bonds is 3. The molecule has 136 valence electrons. The standard InChI is InChI=1S/C19H26N2O3S/c1-18(2)14-8-9-19(18)12-25(23,24)21(16(19)11-14)17(22)15(20)10-13-6-4-3-5-7-13/h3-7,14-16H,8-12,20H2,1-2H3/t14-,15+,16-,19-/m1/s1/i15D. The van der Waals surface area contributed by atoms with Crippen molar-refractivity contribution in [2.24, 2.45) is 22.5 Å². The van der Waals surface area contributed by atoms with E-state index in [9.17, 15) is 13.2 Å². The summed E-state index contributed by atoms with van der Waals surface area (Å²) in [5.41, 5.74) is 6.29. The van der Waals surface area contributed by atoms with Crippen LogP contribution in [0.5, 0.6) is 0 Å². The third-order valence-corrected chi connectivity index (χ3v) is 9.02. The van der Waals surface area contributed by atoms with Crippen LogP contribution in [0.4, 0.5) is 0 Å². The Bertz CT molecular complexity index is 853. The van der Waals surface area contributed by atoms with Gasteiger partial charge in [-0.15, -0.1) is 0 Å². The molecule has 2 saturated carbocycles. The minimum atomic E-state index is -3.75. The molecule has 2 aliphatic carbocycles. The topological polar surface area (TPSA) is 80.5 Å². The molecule has 3 fully saturated rings. The number of nitrogens with zero attached hydrogens (tertiary/aromatic N) is 1. The van der Waals surface area contributed by atoms with Crippen molar-refractivity contribution in [1.29, 1.82) is 0 Å². The van der Waals surface area contributed by atoms with Crippen molar-refractivity contribution in [3.8, 4) is 0 Å². The van der Waals surface area contributed by atoms with Crippen LogP contribution in [0.1, 0.15) is 40.0 Å². The lowest BCUT2D eigenvalue weighted by molar-refractivity contribution is -0.130. The van der Waals surface area contributed by atoms with Gasteiger partial charge in [-0.25, -0.2) is 12.7 Å². The molecule has 2 N–H and O–H groups in total. The number of hydrogen-bond acceptors (Lipinski definition) is 4. The number of sulfonamides is 1. The fourth-order valence-electron chi connectivity index (χ4n) is 5.59. The third kappa shape index (κ3) is 2.23. The molecule has 4 atom stereocenters. The fourth-order valence-corrected chi connectivity index (χ4v) is 8.13. The molecule has 2 bridgehead atoms. The van der Waals surface area contributed by atoms with Crippen molar-refractivity contribution in [3.05, 3.63) is 35.9 Å². The summed E-state index contributed by atoms with van der Waals surface area (Å²) in [5, 5.41) is 0. The van der Waals surface area contributed by atoms with Crippen LogP contribution in [0.25, 0.3) is 0 Å². The molecule has 25 heavy (non-hydrogen) atoms. The second-order valence-corrected chi connectivity index (χ2v) is 10.3. The molecule has 1 saturated heterocycles. The molecular weight excluding hydrogens is 336 g/mol. The fraction of sp³-hybridized carbons (Fsp3) is 0.632. The van der Waals surface area contributed by atoms with Gasteiger partial charge in [0, 0.05) is 5.41 Å². The number of carbonyl (C=O) groups excluding carboxylic acids is 1. The number of carbonyl (C=O) groups is 1. The van der Waals surface area contributed by atoms with E-state index in [1.165, 1.54) is 0 Å². The number of nitrogens with two attached hydrogens (primary N) is 1. The third-order valence-electron chi connectivity index (χ3n) is 7.12. The molecule has 1 aliphatic heterocycles. The van der Waals surface area contributed by atoms with Gasteiger partial charge in [0.15, 0.2) is 0 Å². The van der Waals surface area contributed by atoms with Gasteiger partial charge >= 0.3 is 0 Å². The summed E-state index contributed by atoms with van der Waals surface area (Å²) in [4.78, 5) is 13.1. The average Bonchev–Trinajstić information content (AvgIpc) is 3.02. The van der Waals surface area contributed by atoms with Crippen LogP contribution >= 0.6 is 0 Å². The highest BCUT2D eigenvalue weighted by Gasteiger charge is 2.72. The lowest BCUT2D eigenvalue weighted by atomic mass is 9.69. The van der Waals surface area contributed by atoms with Crippen LogP contribution in [0.15, 0.2) is 30.3 Å². The smallest absolute Gasteiger partial charge is 0.253 e. The first kappa shape index (κ1) is 15.8. The highest BCUT2D eigenvalue weighted by molar-refractivity contribution is 7.90. The van der Waals surface area contributed by atoms with E-state index in [0.717, 1.165) is 22.7 Å². The second-order valence-electron chi connectivity index (χ2n) is 8.41. The highest BCUT2D eigenvalue weighted by Crippen LogP contribution is 2.69. The van der Waals surface area contributed by atoms with E-state index in [-0.39, 0.29) is 23.6 Å². The zero-order valence-corrected chi connectivity index (χ0v) is 15.6. The second kappa shape index (κ2) is 5.30. The zero-order valence-electron chi connectivity index (χ0n) is 15.7. The number of fused-ring (bicyclic) bond motifs is 1. The van der Waals surface area contributed by atoms with Crippen LogP contribution in [0, 0.1) is 16.7 Å². The van der Waals surface area contributed by atoms with E-state index >= 15 is 0 Å². The highest BCUT2D eigenvalue weighted by atomic mass is 32.2. The normalized spacial score (nSPS) is 37.4. The van der Waals surface area contributed by atoms with Crippen molar-refractivity contribution >= 4 is 15.9 Å². The van der Waals surface area contributed by atoms with Crippen molar-refractivity contribution in [3.63, 3.8) is 0 Å². The predicted octanol–water partition coefficient (Wildman–Crippen LogP) is 1.92. The van der Waals surface area contributed by atoms with Crippen LogP contribution in [-0.2, 0) is 21.2 Å². The van der Waals surface area contributed by atoms with Crippen molar-refractivity contribution < 1.29 is 14.6 Å². The van der Waals surface area contributed by atoms with Crippen LogP contribution in [0.3, 0.4) is 0 Å². The zero-order chi connectivity index (χ0) is 19.0. The summed E-state index contributed by atoms with van der Waals surface area (Å²) >= 11 is 0. The lowest BCUT2D eigenvalue weighted by Crippen LogP contribution is -2.50. The Morgan fingerprint density at radius 1 is 1.40 bits per heavy atom. The summed E-state index contributed by atoms with van der Waals surface area (Å²) in [7, 11) is -3.75. The maximum absolute atomic E-state index is 13.1. The molecule has 4 rings (SSSR count). The molecule has 0 aromatic heterocycles. The van der Waals surface area contributed by atoms with Gasteiger partial charge in [0.2, 0.25) is 10.0 Å². The van der Waals surface area contributed by atoms with E-state index in [4.69, 9.17) is 7.10 Å². The first-order valence-electron chi connectivity index (χ1n) is 9.41. The van der Waals surface area contributed by atoms with E-state index in [1.54, 1.807) is 12.1 Å². The molecular formula is C19H26N2O3S. The molecule has 0 unspecified atom stereocenters. The summed E-state index contributed by atoms with van der Waals surface area (Å²) in [6.45, 7) is 4.27. The van der Waals surface area contributed by atoms with Gasteiger partial charge in [0.1, 0.15) is 0 Å². The average molecular weight is 364 g/mol. The van der Waals surface area contributed by atoms with Gasteiger partial charge in [-0.05, 0) is 42.6 Å². The Morgan fingerprint density at radius 2 is 2.08 bits per heavy atom.